The lowest BCUT2D eigenvalue weighted by atomic mass is 9.92. The Morgan fingerprint density at radius 2 is 2.23 bits per heavy atom. The van der Waals surface area contributed by atoms with Crippen molar-refractivity contribution in [1.82, 2.24) is 9.97 Å². The van der Waals surface area contributed by atoms with Gasteiger partial charge in [-0.25, -0.2) is 0 Å². The minimum absolute atomic E-state index is 0.461. The number of nitrogens with zero attached hydrogens (tertiary/aromatic N) is 3. The first-order valence-corrected chi connectivity index (χ1v) is 9.00. The molecule has 0 amide bonds. The van der Waals surface area contributed by atoms with Crippen LogP contribution in [0.15, 0.2) is 24.5 Å². The standard InChI is InChI=1S/C16H17N4OP/c1-3-21-22(2,10-17)12-8-11-4-5-13-14(18)6-7-19-16(13)15(11)20-9-12/h6-9H,2-5H2,1H3,(H2,18,19). The normalized spacial score (nSPS) is 15.3. The minimum Gasteiger partial charge on any atom is -0.398 e. The van der Waals surface area contributed by atoms with Crippen molar-refractivity contribution in [2.45, 2.75) is 19.8 Å². The second kappa shape index (κ2) is 5.57. The predicted octanol–water partition coefficient (Wildman–Crippen LogP) is 2.33. The molecule has 1 aliphatic rings. The third-order valence-corrected chi connectivity index (χ3v) is 5.94. The topological polar surface area (TPSA) is 84.8 Å². The second-order valence-electron chi connectivity index (χ2n) is 5.19. The molecule has 1 aliphatic carbocycles. The predicted molar refractivity (Wildman–Crippen MR) is 90.2 cm³/mol. The van der Waals surface area contributed by atoms with Crippen LogP contribution in [0.5, 0.6) is 0 Å². The van der Waals surface area contributed by atoms with Gasteiger partial charge in [0.2, 0.25) is 0 Å². The molecule has 2 N–H and O–H groups in total. The summed E-state index contributed by atoms with van der Waals surface area (Å²) in [6.45, 7) is 2.33. The summed E-state index contributed by atoms with van der Waals surface area (Å²) in [5, 5.41) is 10.2. The highest BCUT2D eigenvalue weighted by atomic mass is 31.2. The van der Waals surface area contributed by atoms with Crippen molar-refractivity contribution in [1.29, 1.82) is 5.26 Å². The van der Waals surface area contributed by atoms with Crippen LogP contribution in [0.3, 0.4) is 0 Å². The van der Waals surface area contributed by atoms with E-state index in [2.05, 4.69) is 22.1 Å². The summed E-state index contributed by atoms with van der Waals surface area (Å²) in [4.78, 5) is 8.96. The number of pyridine rings is 2. The van der Waals surface area contributed by atoms with Crippen LogP contribution in [0.1, 0.15) is 18.1 Å². The Hall–Kier alpha value is -2.15. The number of hydrogen-bond acceptors (Lipinski definition) is 5. The lowest BCUT2D eigenvalue weighted by Crippen LogP contribution is -2.15. The van der Waals surface area contributed by atoms with Crippen LogP contribution in [-0.2, 0) is 17.4 Å². The monoisotopic (exact) mass is 312 g/mol. The summed E-state index contributed by atoms with van der Waals surface area (Å²) < 4.78 is 5.61. The van der Waals surface area contributed by atoms with Crippen LogP contribution in [0.4, 0.5) is 5.69 Å². The number of aryl methyl sites for hydroxylation is 1. The van der Waals surface area contributed by atoms with Gasteiger partial charge in [0.1, 0.15) is 12.9 Å². The van der Waals surface area contributed by atoms with E-state index in [0.29, 0.717) is 6.61 Å². The molecule has 112 valence electrons. The van der Waals surface area contributed by atoms with Crippen molar-refractivity contribution >= 4 is 24.4 Å². The number of fused-ring (bicyclic) bond motifs is 3. The fourth-order valence-electron chi connectivity index (χ4n) is 2.71. The lowest BCUT2D eigenvalue weighted by Gasteiger charge is -2.22. The molecule has 0 bridgehead atoms. The maximum absolute atomic E-state index is 9.42. The molecule has 0 aromatic carbocycles. The maximum Gasteiger partial charge on any atom is 0.126 e. The Bertz CT molecular complexity index is 825. The highest BCUT2D eigenvalue weighted by Gasteiger charge is 2.24. The lowest BCUT2D eigenvalue weighted by molar-refractivity contribution is 0.386. The van der Waals surface area contributed by atoms with Gasteiger partial charge < -0.3 is 10.3 Å². The van der Waals surface area contributed by atoms with E-state index in [-0.39, 0.29) is 0 Å². The molecule has 0 spiro atoms. The molecule has 5 nitrogen and oxygen atoms in total. The molecule has 0 aliphatic heterocycles. The van der Waals surface area contributed by atoms with Crippen molar-refractivity contribution < 1.29 is 4.52 Å². The Kier molecular flexibility index (Phi) is 3.74. The van der Waals surface area contributed by atoms with Crippen molar-refractivity contribution in [2.24, 2.45) is 0 Å². The zero-order chi connectivity index (χ0) is 15.7. The molecule has 1 atom stereocenters. The molecular formula is C16H17N4OP. The number of anilines is 1. The van der Waals surface area contributed by atoms with E-state index >= 15 is 0 Å². The highest BCUT2D eigenvalue weighted by Crippen LogP contribution is 2.44. The van der Waals surface area contributed by atoms with Gasteiger partial charge in [0.05, 0.1) is 11.4 Å². The number of hydrogen-bond donors (Lipinski definition) is 1. The Morgan fingerprint density at radius 1 is 1.41 bits per heavy atom. The summed E-state index contributed by atoms with van der Waals surface area (Å²) in [6.07, 6.45) is 9.06. The molecule has 0 saturated carbocycles. The fraction of sp³-hybridized carbons (Fsp3) is 0.250. The highest BCUT2D eigenvalue weighted by molar-refractivity contribution is 7.80. The molecule has 0 fully saturated rings. The van der Waals surface area contributed by atoms with Gasteiger partial charge in [-0.05, 0) is 37.5 Å². The van der Waals surface area contributed by atoms with E-state index in [9.17, 15) is 5.26 Å². The molecule has 3 rings (SSSR count). The smallest absolute Gasteiger partial charge is 0.126 e. The molecule has 1 unspecified atom stereocenters. The maximum atomic E-state index is 9.42. The van der Waals surface area contributed by atoms with Gasteiger partial charge in [-0.2, -0.15) is 5.26 Å². The van der Waals surface area contributed by atoms with Gasteiger partial charge in [0, 0.05) is 35.6 Å². The molecule has 0 saturated heterocycles. The molecular weight excluding hydrogens is 295 g/mol. The number of rotatable bonds is 3. The van der Waals surface area contributed by atoms with Crippen LogP contribution >= 0.6 is 7.11 Å². The third kappa shape index (κ3) is 2.31. The van der Waals surface area contributed by atoms with Crippen molar-refractivity contribution in [2.75, 3.05) is 12.3 Å². The average Bonchev–Trinajstić information content (AvgIpc) is 2.54. The van der Waals surface area contributed by atoms with E-state index in [1.807, 2.05) is 19.1 Å². The number of nitriles is 1. The summed E-state index contributed by atoms with van der Waals surface area (Å²) in [5.74, 6) is 2.23. The zero-order valence-electron chi connectivity index (χ0n) is 12.4. The van der Waals surface area contributed by atoms with E-state index in [1.165, 1.54) is 0 Å². The first kappa shape index (κ1) is 14.8. The van der Waals surface area contributed by atoms with Gasteiger partial charge >= 0.3 is 0 Å². The fourth-order valence-corrected chi connectivity index (χ4v) is 4.09. The SMILES string of the molecule is C=P(C#N)(OCC)c1cnc2c(c1)CCc1c(N)ccnc1-2. The first-order chi connectivity index (χ1) is 10.6. The number of nitrogens with two attached hydrogens (primary N) is 1. The summed E-state index contributed by atoms with van der Waals surface area (Å²) in [6, 6.07) is 3.81. The number of aromatic nitrogens is 2. The van der Waals surface area contributed by atoms with Crippen LogP contribution in [0.25, 0.3) is 11.4 Å². The first-order valence-electron chi connectivity index (χ1n) is 7.11. The van der Waals surface area contributed by atoms with Gasteiger partial charge in [0.15, 0.2) is 0 Å². The van der Waals surface area contributed by atoms with Gasteiger partial charge in [-0.15, -0.1) is 0 Å². The van der Waals surface area contributed by atoms with Crippen LogP contribution in [0, 0.1) is 11.1 Å². The van der Waals surface area contributed by atoms with Gasteiger partial charge in [-0.1, -0.05) is 6.30 Å². The minimum atomic E-state index is -2.50. The van der Waals surface area contributed by atoms with Crippen LogP contribution in [0.2, 0.25) is 0 Å². The molecule has 2 aromatic rings. The summed E-state index contributed by atoms with van der Waals surface area (Å²) >= 11 is 0. The van der Waals surface area contributed by atoms with Crippen LogP contribution < -0.4 is 11.0 Å². The Balaban J connectivity index is 2.11. The van der Waals surface area contributed by atoms with E-state index in [1.54, 1.807) is 12.4 Å². The Morgan fingerprint density at radius 3 is 2.95 bits per heavy atom. The van der Waals surface area contributed by atoms with Crippen molar-refractivity contribution in [3.63, 3.8) is 0 Å². The second-order valence-corrected chi connectivity index (χ2v) is 7.64. The largest absolute Gasteiger partial charge is 0.398 e. The van der Waals surface area contributed by atoms with Gasteiger partial charge in [0.25, 0.3) is 0 Å². The molecule has 22 heavy (non-hydrogen) atoms. The average molecular weight is 312 g/mol. The summed E-state index contributed by atoms with van der Waals surface area (Å²) in [5.41, 5.74) is 10.6. The molecule has 6 heteroatoms. The summed E-state index contributed by atoms with van der Waals surface area (Å²) in [7, 11) is -2.50. The van der Waals surface area contributed by atoms with Gasteiger partial charge in [-0.3, -0.25) is 9.97 Å². The third-order valence-electron chi connectivity index (χ3n) is 3.84. The molecule has 2 heterocycles. The van der Waals surface area contributed by atoms with Crippen LogP contribution in [-0.4, -0.2) is 22.9 Å². The van der Waals surface area contributed by atoms with E-state index < -0.39 is 7.11 Å². The zero-order valence-corrected chi connectivity index (χ0v) is 13.3. The Labute approximate surface area is 129 Å². The number of nitrogen functional groups attached to an aromatic ring is 1. The molecule has 0 radical (unpaired) electrons. The van der Waals surface area contributed by atoms with E-state index in [4.69, 9.17) is 10.3 Å². The van der Waals surface area contributed by atoms with Crippen molar-refractivity contribution in [3.8, 4) is 17.2 Å². The quantitative estimate of drug-likeness (QED) is 0.879. The van der Waals surface area contributed by atoms with Crippen molar-refractivity contribution in [3.05, 3.63) is 35.7 Å². The molecule has 2 aromatic heterocycles. The van der Waals surface area contributed by atoms with E-state index in [0.717, 1.165) is 46.3 Å².